The zero-order chi connectivity index (χ0) is 9.26. The lowest BCUT2D eigenvalue weighted by atomic mass is 10.2. The smallest absolute Gasteiger partial charge is 0.0864 e. The normalized spacial score (nSPS) is 11.3. The Labute approximate surface area is 78.6 Å². The highest BCUT2D eigenvalue weighted by atomic mass is 14.9. The Kier molecular flexibility index (Phi) is 2.05. The minimum absolute atomic E-state index is 0.678. The molecule has 0 atom stereocenters. The molecule has 0 N–H and O–H groups in total. The minimum Gasteiger partial charge on any atom is -0.352 e. The molecule has 0 spiro atoms. The Bertz CT molecular complexity index is 362. The van der Waals surface area contributed by atoms with E-state index in [1.165, 1.54) is 5.56 Å². The van der Waals surface area contributed by atoms with Crippen LogP contribution in [0.2, 0.25) is 0 Å². The molecule has 0 fully saturated rings. The molecule has 2 heterocycles. The summed E-state index contributed by atoms with van der Waals surface area (Å²) < 4.78 is 2.19. The van der Waals surface area contributed by atoms with E-state index in [0.29, 0.717) is 5.92 Å². The molecular formula is C11H14N2. The van der Waals surface area contributed by atoms with Crippen LogP contribution in [0.15, 0.2) is 30.7 Å². The molecule has 0 aromatic rings. The highest BCUT2D eigenvalue weighted by Gasteiger charge is 2.03. The van der Waals surface area contributed by atoms with E-state index in [2.05, 4.69) is 41.9 Å². The standard InChI is InChI=1S/C11H14N2/c1-9(2)7-13-6-4-10-3-5-12-11(10)8-13/h3-6,8-9H,7H2,1-2H3. The number of pyridine rings is 1. The number of nitrogens with zero attached hydrogens (tertiary/aromatic N) is 2. The average molecular weight is 174 g/mol. The fraction of sp³-hybridized carbons (Fsp3) is 0.364. The van der Waals surface area contributed by atoms with Gasteiger partial charge in [-0.3, -0.25) is 4.98 Å². The van der Waals surface area contributed by atoms with Gasteiger partial charge in [-0.25, -0.2) is 0 Å². The molecule has 0 aromatic heterocycles. The second kappa shape index (κ2) is 3.21. The van der Waals surface area contributed by atoms with Gasteiger partial charge in [0.1, 0.15) is 0 Å². The predicted octanol–water partition coefficient (Wildman–Crippen LogP) is 2.64. The SMILES string of the molecule is CC(C)Cn1ccc2ccnc-2c1. The molecule has 0 aromatic carbocycles. The maximum Gasteiger partial charge on any atom is 0.0864 e. The lowest BCUT2D eigenvalue weighted by Crippen LogP contribution is -2.04. The Balaban J connectivity index is 2.33. The highest BCUT2D eigenvalue weighted by molar-refractivity contribution is 5.59. The van der Waals surface area contributed by atoms with Gasteiger partial charge in [0.15, 0.2) is 0 Å². The van der Waals surface area contributed by atoms with Crippen molar-refractivity contribution in [2.75, 3.05) is 0 Å². The lowest BCUT2D eigenvalue weighted by Gasteiger charge is -2.10. The van der Waals surface area contributed by atoms with Crippen molar-refractivity contribution < 1.29 is 0 Å². The summed E-state index contributed by atoms with van der Waals surface area (Å²) in [6.45, 7) is 5.49. The first kappa shape index (κ1) is 8.30. The van der Waals surface area contributed by atoms with Crippen LogP contribution in [0.25, 0.3) is 11.3 Å². The van der Waals surface area contributed by atoms with Gasteiger partial charge in [0, 0.05) is 30.7 Å². The first-order chi connectivity index (χ1) is 6.25. The molecule has 0 aliphatic carbocycles. The Morgan fingerprint density at radius 1 is 1.38 bits per heavy atom. The molecule has 13 heavy (non-hydrogen) atoms. The maximum atomic E-state index is 4.27. The summed E-state index contributed by atoms with van der Waals surface area (Å²) in [4.78, 5) is 4.27. The van der Waals surface area contributed by atoms with Crippen molar-refractivity contribution in [3.63, 3.8) is 0 Å². The van der Waals surface area contributed by atoms with E-state index in [9.17, 15) is 0 Å². The van der Waals surface area contributed by atoms with E-state index in [4.69, 9.17) is 0 Å². The number of rotatable bonds is 2. The molecule has 0 amide bonds. The highest BCUT2D eigenvalue weighted by Crippen LogP contribution is 2.18. The van der Waals surface area contributed by atoms with Gasteiger partial charge in [-0.05, 0) is 18.1 Å². The van der Waals surface area contributed by atoms with E-state index >= 15 is 0 Å². The van der Waals surface area contributed by atoms with Gasteiger partial charge in [0.25, 0.3) is 0 Å². The van der Waals surface area contributed by atoms with Crippen molar-refractivity contribution in [1.82, 2.24) is 9.55 Å². The van der Waals surface area contributed by atoms with E-state index in [-0.39, 0.29) is 0 Å². The van der Waals surface area contributed by atoms with Crippen LogP contribution in [0, 0.1) is 5.92 Å². The van der Waals surface area contributed by atoms with Gasteiger partial charge in [0.05, 0.1) is 5.69 Å². The molecule has 0 unspecified atom stereocenters. The Morgan fingerprint density at radius 3 is 3.00 bits per heavy atom. The molecule has 2 heteroatoms. The van der Waals surface area contributed by atoms with Crippen molar-refractivity contribution in [3.05, 3.63) is 30.7 Å². The van der Waals surface area contributed by atoms with Gasteiger partial charge < -0.3 is 4.57 Å². The topological polar surface area (TPSA) is 17.8 Å². The number of hydrogen-bond acceptors (Lipinski definition) is 1. The second-order valence-corrected chi connectivity index (χ2v) is 3.82. The zero-order valence-electron chi connectivity index (χ0n) is 8.07. The predicted molar refractivity (Wildman–Crippen MR) is 53.7 cm³/mol. The van der Waals surface area contributed by atoms with Gasteiger partial charge in [-0.2, -0.15) is 0 Å². The molecule has 2 nitrogen and oxygen atoms in total. The second-order valence-electron chi connectivity index (χ2n) is 3.82. The summed E-state index contributed by atoms with van der Waals surface area (Å²) in [5.74, 6) is 0.678. The number of fused-ring (bicyclic) bond motifs is 1. The molecule has 2 rings (SSSR count). The van der Waals surface area contributed by atoms with Crippen LogP contribution in [0.1, 0.15) is 13.8 Å². The lowest BCUT2D eigenvalue weighted by molar-refractivity contribution is 0.521. The average Bonchev–Trinajstić information content (AvgIpc) is 2.49. The fourth-order valence-electron chi connectivity index (χ4n) is 1.52. The largest absolute Gasteiger partial charge is 0.352 e. The summed E-state index contributed by atoms with van der Waals surface area (Å²) in [6.07, 6.45) is 6.07. The first-order valence-corrected chi connectivity index (χ1v) is 4.66. The minimum atomic E-state index is 0.678. The summed E-state index contributed by atoms with van der Waals surface area (Å²) >= 11 is 0. The first-order valence-electron chi connectivity index (χ1n) is 4.66. The number of hydrogen-bond donors (Lipinski definition) is 0. The van der Waals surface area contributed by atoms with Crippen molar-refractivity contribution in [2.45, 2.75) is 20.4 Å². The van der Waals surface area contributed by atoms with E-state index in [1.807, 2.05) is 12.3 Å². The van der Waals surface area contributed by atoms with Gasteiger partial charge in [-0.1, -0.05) is 13.8 Å². The van der Waals surface area contributed by atoms with Crippen molar-refractivity contribution in [2.24, 2.45) is 5.92 Å². The van der Waals surface area contributed by atoms with Crippen molar-refractivity contribution in [1.29, 1.82) is 0 Å². The van der Waals surface area contributed by atoms with Crippen LogP contribution in [0.5, 0.6) is 0 Å². The molecule has 2 aliphatic rings. The monoisotopic (exact) mass is 174 g/mol. The zero-order valence-corrected chi connectivity index (χ0v) is 8.07. The summed E-state index contributed by atoms with van der Waals surface area (Å²) in [6, 6.07) is 4.15. The van der Waals surface area contributed by atoms with Crippen LogP contribution in [-0.2, 0) is 6.54 Å². The van der Waals surface area contributed by atoms with Crippen molar-refractivity contribution >= 4 is 0 Å². The van der Waals surface area contributed by atoms with E-state index < -0.39 is 0 Å². The molecule has 0 radical (unpaired) electrons. The number of aromatic nitrogens is 2. The molecule has 68 valence electrons. The van der Waals surface area contributed by atoms with Crippen LogP contribution in [-0.4, -0.2) is 9.55 Å². The molecular weight excluding hydrogens is 160 g/mol. The Morgan fingerprint density at radius 2 is 2.23 bits per heavy atom. The van der Waals surface area contributed by atoms with Crippen molar-refractivity contribution in [3.8, 4) is 11.3 Å². The third-order valence-electron chi connectivity index (χ3n) is 2.07. The molecule has 0 saturated heterocycles. The fourth-order valence-corrected chi connectivity index (χ4v) is 1.52. The van der Waals surface area contributed by atoms with Crippen LogP contribution in [0.4, 0.5) is 0 Å². The molecule has 2 aliphatic heterocycles. The maximum absolute atomic E-state index is 4.27. The quantitative estimate of drug-likeness (QED) is 0.684. The molecule has 0 saturated carbocycles. The van der Waals surface area contributed by atoms with Gasteiger partial charge >= 0.3 is 0 Å². The van der Waals surface area contributed by atoms with Crippen LogP contribution >= 0.6 is 0 Å². The van der Waals surface area contributed by atoms with Gasteiger partial charge in [-0.15, -0.1) is 0 Å². The third kappa shape index (κ3) is 1.72. The van der Waals surface area contributed by atoms with Crippen LogP contribution in [0.3, 0.4) is 0 Å². The van der Waals surface area contributed by atoms with E-state index in [1.54, 1.807) is 0 Å². The summed E-state index contributed by atoms with van der Waals surface area (Å²) in [5.41, 5.74) is 2.31. The summed E-state index contributed by atoms with van der Waals surface area (Å²) in [7, 11) is 0. The van der Waals surface area contributed by atoms with E-state index in [0.717, 1.165) is 12.2 Å². The molecule has 0 bridgehead atoms. The van der Waals surface area contributed by atoms with Gasteiger partial charge in [0.2, 0.25) is 0 Å². The Hall–Kier alpha value is -1.31. The third-order valence-corrected chi connectivity index (χ3v) is 2.07. The van der Waals surface area contributed by atoms with Crippen LogP contribution < -0.4 is 0 Å². The summed E-state index contributed by atoms with van der Waals surface area (Å²) in [5, 5.41) is 0.